The van der Waals surface area contributed by atoms with Gasteiger partial charge in [-0.05, 0) is 19.1 Å². The zero-order valence-electron chi connectivity index (χ0n) is 11.8. The first kappa shape index (κ1) is 14.9. The first-order chi connectivity index (χ1) is 10.1. The number of nitrogens with one attached hydrogen (secondary N) is 1. The highest BCUT2D eigenvalue weighted by atomic mass is 16.6. The summed E-state index contributed by atoms with van der Waals surface area (Å²) in [5.74, 6) is 0. The van der Waals surface area contributed by atoms with Crippen LogP contribution in [0.5, 0.6) is 0 Å². The highest BCUT2D eigenvalue weighted by Crippen LogP contribution is 2.30. The molecular formula is C15H17N3O3. The highest BCUT2D eigenvalue weighted by molar-refractivity contribution is 5.99. The van der Waals surface area contributed by atoms with Gasteiger partial charge in [0.05, 0.1) is 23.5 Å². The predicted molar refractivity (Wildman–Crippen MR) is 82.5 cm³/mol. The fourth-order valence-electron chi connectivity index (χ4n) is 1.99. The third kappa shape index (κ3) is 3.76. The molecule has 1 N–H and O–H groups in total. The molecule has 2 aromatic rings. The van der Waals surface area contributed by atoms with Gasteiger partial charge in [-0.1, -0.05) is 12.2 Å². The molecule has 0 amide bonds. The summed E-state index contributed by atoms with van der Waals surface area (Å²) in [6.07, 6.45) is 3.18. The second-order valence-corrected chi connectivity index (χ2v) is 4.75. The molecule has 21 heavy (non-hydrogen) atoms. The summed E-state index contributed by atoms with van der Waals surface area (Å²) in [7, 11) is 0. The number of pyridine rings is 1. The molecule has 0 atom stereocenters. The topological polar surface area (TPSA) is 77.3 Å². The Morgan fingerprint density at radius 2 is 2.24 bits per heavy atom. The number of non-ortho nitro benzene ring substituents is 1. The number of aromatic nitrogens is 1. The first-order valence-electron chi connectivity index (χ1n) is 6.56. The summed E-state index contributed by atoms with van der Waals surface area (Å²) in [6, 6.07) is 4.84. The highest BCUT2D eigenvalue weighted by Gasteiger charge is 2.13. The van der Waals surface area contributed by atoms with Crippen LogP contribution in [0.3, 0.4) is 0 Å². The minimum Gasteiger partial charge on any atom is -0.382 e. The maximum absolute atomic E-state index is 11.0. The molecule has 1 aromatic carbocycles. The van der Waals surface area contributed by atoms with E-state index in [0.29, 0.717) is 25.1 Å². The van der Waals surface area contributed by atoms with Gasteiger partial charge in [-0.25, -0.2) is 0 Å². The third-order valence-electron chi connectivity index (χ3n) is 2.90. The van der Waals surface area contributed by atoms with E-state index in [0.717, 1.165) is 16.6 Å². The summed E-state index contributed by atoms with van der Waals surface area (Å²) < 4.78 is 5.40. The van der Waals surface area contributed by atoms with Crippen LogP contribution in [0.15, 0.2) is 42.7 Å². The van der Waals surface area contributed by atoms with Crippen molar-refractivity contribution in [2.45, 2.75) is 6.92 Å². The fraction of sp³-hybridized carbons (Fsp3) is 0.267. The normalized spacial score (nSPS) is 10.5. The number of benzene rings is 1. The average molecular weight is 287 g/mol. The summed E-state index contributed by atoms with van der Waals surface area (Å²) in [6.45, 7) is 7.34. The van der Waals surface area contributed by atoms with Crippen LogP contribution in [-0.4, -0.2) is 29.7 Å². The van der Waals surface area contributed by atoms with Gasteiger partial charge >= 0.3 is 0 Å². The molecule has 0 saturated carbocycles. The number of rotatable bonds is 7. The molecule has 0 aliphatic rings. The van der Waals surface area contributed by atoms with Crippen LogP contribution in [0.25, 0.3) is 10.8 Å². The molecule has 6 heteroatoms. The van der Waals surface area contributed by atoms with Gasteiger partial charge in [-0.3, -0.25) is 15.1 Å². The number of anilines is 1. The van der Waals surface area contributed by atoms with E-state index in [1.165, 1.54) is 6.07 Å². The minimum atomic E-state index is -0.387. The lowest BCUT2D eigenvalue weighted by molar-refractivity contribution is -0.383. The van der Waals surface area contributed by atoms with Crippen molar-refractivity contribution in [3.05, 3.63) is 52.9 Å². The molecule has 0 bridgehead atoms. The fourth-order valence-corrected chi connectivity index (χ4v) is 1.99. The molecule has 0 radical (unpaired) electrons. The largest absolute Gasteiger partial charge is 0.382 e. The summed E-state index contributed by atoms with van der Waals surface area (Å²) in [5.41, 5.74) is 1.86. The molecule has 0 aliphatic heterocycles. The quantitative estimate of drug-likeness (QED) is 0.366. The van der Waals surface area contributed by atoms with Gasteiger partial charge in [0.2, 0.25) is 0 Å². The average Bonchev–Trinajstić information content (AvgIpc) is 2.46. The SMILES string of the molecule is C=C(C)COCCNc1ccc([N+](=O)[O-])c2ccncc12. The Balaban J connectivity index is 2.12. The monoisotopic (exact) mass is 287 g/mol. The van der Waals surface area contributed by atoms with Gasteiger partial charge < -0.3 is 10.1 Å². The first-order valence-corrected chi connectivity index (χ1v) is 6.56. The van der Waals surface area contributed by atoms with Crippen LogP contribution >= 0.6 is 0 Å². The van der Waals surface area contributed by atoms with E-state index in [9.17, 15) is 10.1 Å². The van der Waals surface area contributed by atoms with Gasteiger partial charge in [0, 0.05) is 36.1 Å². The second kappa shape index (κ2) is 6.81. The van der Waals surface area contributed by atoms with E-state index in [2.05, 4.69) is 16.9 Å². The molecule has 0 saturated heterocycles. The van der Waals surface area contributed by atoms with Crippen molar-refractivity contribution in [2.24, 2.45) is 0 Å². The van der Waals surface area contributed by atoms with Crippen molar-refractivity contribution in [2.75, 3.05) is 25.1 Å². The van der Waals surface area contributed by atoms with E-state index in [1.54, 1.807) is 24.5 Å². The molecule has 0 fully saturated rings. The minimum absolute atomic E-state index is 0.0801. The maximum Gasteiger partial charge on any atom is 0.277 e. The zero-order chi connectivity index (χ0) is 15.2. The zero-order valence-corrected chi connectivity index (χ0v) is 11.8. The van der Waals surface area contributed by atoms with Crippen molar-refractivity contribution in [1.82, 2.24) is 4.98 Å². The molecule has 6 nitrogen and oxygen atoms in total. The Morgan fingerprint density at radius 3 is 2.95 bits per heavy atom. The molecular weight excluding hydrogens is 270 g/mol. The third-order valence-corrected chi connectivity index (χ3v) is 2.90. The lowest BCUT2D eigenvalue weighted by Gasteiger charge is -2.10. The lowest BCUT2D eigenvalue weighted by atomic mass is 10.1. The van der Waals surface area contributed by atoms with E-state index in [4.69, 9.17) is 4.74 Å². The van der Waals surface area contributed by atoms with E-state index in [-0.39, 0.29) is 10.6 Å². The Labute approximate surface area is 122 Å². The van der Waals surface area contributed by atoms with Crippen molar-refractivity contribution < 1.29 is 9.66 Å². The number of nitro benzene ring substituents is 1. The predicted octanol–water partition coefficient (Wildman–Crippen LogP) is 3.15. The van der Waals surface area contributed by atoms with Crippen LogP contribution in [0.1, 0.15) is 6.92 Å². The Bertz CT molecular complexity index is 670. The number of hydrogen-bond donors (Lipinski definition) is 1. The molecule has 2 rings (SSSR count). The van der Waals surface area contributed by atoms with E-state index in [1.807, 2.05) is 6.92 Å². The Morgan fingerprint density at radius 1 is 1.43 bits per heavy atom. The molecule has 0 unspecified atom stereocenters. The smallest absolute Gasteiger partial charge is 0.277 e. The Hall–Kier alpha value is -2.47. The molecule has 0 spiro atoms. The van der Waals surface area contributed by atoms with Crippen LogP contribution in [0, 0.1) is 10.1 Å². The van der Waals surface area contributed by atoms with Crippen LogP contribution < -0.4 is 5.32 Å². The molecule has 1 aromatic heterocycles. The summed E-state index contributed by atoms with van der Waals surface area (Å²) >= 11 is 0. The number of nitrogens with zero attached hydrogens (tertiary/aromatic N) is 2. The van der Waals surface area contributed by atoms with Crippen LogP contribution in [0.2, 0.25) is 0 Å². The Kier molecular flexibility index (Phi) is 4.84. The number of hydrogen-bond acceptors (Lipinski definition) is 5. The van der Waals surface area contributed by atoms with Gasteiger partial charge in [0.15, 0.2) is 0 Å². The van der Waals surface area contributed by atoms with Crippen molar-refractivity contribution in [1.29, 1.82) is 0 Å². The van der Waals surface area contributed by atoms with Crippen molar-refractivity contribution in [3.8, 4) is 0 Å². The van der Waals surface area contributed by atoms with Gasteiger partial charge in [-0.2, -0.15) is 0 Å². The van der Waals surface area contributed by atoms with Crippen LogP contribution in [-0.2, 0) is 4.74 Å². The number of fused-ring (bicyclic) bond motifs is 1. The van der Waals surface area contributed by atoms with Crippen LogP contribution in [0.4, 0.5) is 11.4 Å². The lowest BCUT2D eigenvalue weighted by Crippen LogP contribution is -2.10. The maximum atomic E-state index is 11.0. The standard InChI is InChI=1S/C15H17N3O3/c1-11(2)10-21-8-7-17-14-3-4-15(18(19)20)12-5-6-16-9-13(12)14/h3-6,9,17H,1,7-8,10H2,2H3. The molecule has 1 heterocycles. The van der Waals surface area contributed by atoms with E-state index >= 15 is 0 Å². The second-order valence-electron chi connectivity index (χ2n) is 4.75. The number of nitro groups is 1. The molecule has 0 aliphatic carbocycles. The van der Waals surface area contributed by atoms with Gasteiger partial charge in [0.1, 0.15) is 0 Å². The van der Waals surface area contributed by atoms with Crippen molar-refractivity contribution in [3.63, 3.8) is 0 Å². The van der Waals surface area contributed by atoms with Gasteiger partial charge in [0.25, 0.3) is 5.69 Å². The summed E-state index contributed by atoms with van der Waals surface area (Å²) in [5, 5.41) is 15.5. The van der Waals surface area contributed by atoms with Crippen molar-refractivity contribution >= 4 is 22.1 Å². The molecule has 110 valence electrons. The van der Waals surface area contributed by atoms with Gasteiger partial charge in [-0.15, -0.1) is 0 Å². The van der Waals surface area contributed by atoms with E-state index < -0.39 is 0 Å². The summed E-state index contributed by atoms with van der Waals surface area (Å²) in [4.78, 5) is 14.7. The number of ether oxygens (including phenoxy) is 1.